The van der Waals surface area contributed by atoms with Crippen LogP contribution in [-0.4, -0.2) is 38.2 Å². The van der Waals surface area contributed by atoms with Crippen LogP contribution in [0.4, 0.5) is 4.79 Å². The molecule has 2 saturated heterocycles. The zero-order valence-electron chi connectivity index (χ0n) is 9.36. The molecule has 1 atom stereocenters. The van der Waals surface area contributed by atoms with Gasteiger partial charge in [-0.25, -0.2) is 13.2 Å². The normalized spacial score (nSPS) is 34.4. The van der Waals surface area contributed by atoms with Crippen LogP contribution in [0.5, 0.6) is 0 Å². The fourth-order valence-electron chi connectivity index (χ4n) is 2.42. The van der Waals surface area contributed by atoms with Crippen molar-refractivity contribution >= 4 is 15.9 Å². The van der Waals surface area contributed by atoms with Gasteiger partial charge in [0.05, 0.1) is 18.1 Å². The second kappa shape index (κ2) is 3.91. The molecule has 0 saturated carbocycles. The van der Waals surface area contributed by atoms with Gasteiger partial charge in [0.25, 0.3) is 0 Å². The van der Waals surface area contributed by atoms with Crippen molar-refractivity contribution in [1.29, 1.82) is 0 Å². The van der Waals surface area contributed by atoms with Crippen molar-refractivity contribution in [3.05, 3.63) is 0 Å². The summed E-state index contributed by atoms with van der Waals surface area (Å²) in [6.45, 7) is 2.42. The molecule has 0 spiro atoms. The molecule has 2 aliphatic rings. The minimum absolute atomic E-state index is 0.273. The monoisotopic (exact) mass is 247 g/mol. The number of ether oxygens (including phenoxy) is 1. The van der Waals surface area contributed by atoms with E-state index in [1.165, 1.54) is 0 Å². The van der Waals surface area contributed by atoms with Crippen molar-refractivity contribution in [3.8, 4) is 0 Å². The number of hydrogen-bond acceptors (Lipinski definition) is 4. The standard InChI is InChI=1S/C10H17NO4S/c1-10(7-11-9(12)15-10)6-8-2-4-16(13,14)5-3-8/h8H,2-7H2,1H3,(H,11,12). The van der Waals surface area contributed by atoms with Gasteiger partial charge in [0.1, 0.15) is 15.4 Å². The maximum absolute atomic E-state index is 11.3. The summed E-state index contributed by atoms with van der Waals surface area (Å²) in [5.41, 5.74) is -0.456. The molecule has 0 radical (unpaired) electrons. The molecule has 6 heteroatoms. The number of carbonyl (C=O) groups excluding carboxylic acids is 1. The fraction of sp³-hybridized carbons (Fsp3) is 0.900. The van der Waals surface area contributed by atoms with Gasteiger partial charge in [-0.05, 0) is 32.1 Å². The Morgan fingerprint density at radius 2 is 2.06 bits per heavy atom. The predicted molar refractivity (Wildman–Crippen MR) is 58.9 cm³/mol. The maximum atomic E-state index is 11.3. The fourth-order valence-corrected chi connectivity index (χ4v) is 4.01. The van der Waals surface area contributed by atoms with E-state index in [4.69, 9.17) is 4.74 Å². The molecule has 0 aromatic heterocycles. The first-order chi connectivity index (χ1) is 7.39. The van der Waals surface area contributed by atoms with Gasteiger partial charge in [0, 0.05) is 0 Å². The van der Waals surface area contributed by atoms with E-state index in [-0.39, 0.29) is 17.6 Å². The van der Waals surface area contributed by atoms with Crippen LogP contribution in [-0.2, 0) is 14.6 Å². The summed E-state index contributed by atoms with van der Waals surface area (Å²) in [6, 6.07) is 0. The Bertz CT molecular complexity index is 378. The summed E-state index contributed by atoms with van der Waals surface area (Å²) in [5.74, 6) is 0.894. The Labute approximate surface area is 95.5 Å². The van der Waals surface area contributed by atoms with E-state index in [0.29, 0.717) is 25.3 Å². The molecule has 0 aromatic carbocycles. The van der Waals surface area contributed by atoms with Gasteiger partial charge in [0.15, 0.2) is 0 Å². The van der Waals surface area contributed by atoms with Crippen LogP contribution in [0, 0.1) is 5.92 Å². The first-order valence-corrected chi connectivity index (χ1v) is 7.38. The molecule has 16 heavy (non-hydrogen) atoms. The van der Waals surface area contributed by atoms with Gasteiger partial charge >= 0.3 is 6.09 Å². The van der Waals surface area contributed by atoms with E-state index in [2.05, 4.69) is 5.32 Å². The highest BCUT2D eigenvalue weighted by molar-refractivity contribution is 7.91. The Morgan fingerprint density at radius 1 is 1.44 bits per heavy atom. The topological polar surface area (TPSA) is 72.5 Å². The lowest BCUT2D eigenvalue weighted by molar-refractivity contribution is 0.0495. The molecule has 1 amide bonds. The largest absolute Gasteiger partial charge is 0.441 e. The van der Waals surface area contributed by atoms with E-state index in [1.807, 2.05) is 6.92 Å². The molecule has 92 valence electrons. The Kier molecular flexibility index (Phi) is 2.86. The molecule has 2 aliphatic heterocycles. The molecule has 5 nitrogen and oxygen atoms in total. The summed E-state index contributed by atoms with van der Waals surface area (Å²) >= 11 is 0. The van der Waals surface area contributed by atoms with Crippen LogP contribution in [0.1, 0.15) is 26.2 Å². The summed E-state index contributed by atoms with van der Waals surface area (Å²) in [6.07, 6.45) is 1.76. The number of alkyl carbamates (subject to hydrolysis) is 1. The first-order valence-electron chi connectivity index (χ1n) is 5.56. The third-order valence-corrected chi connectivity index (χ3v) is 5.06. The number of nitrogens with one attached hydrogen (secondary N) is 1. The lowest BCUT2D eigenvalue weighted by atomic mass is 9.88. The molecule has 0 aromatic rings. The zero-order chi connectivity index (χ0) is 11.8. The van der Waals surface area contributed by atoms with Crippen LogP contribution in [0.2, 0.25) is 0 Å². The predicted octanol–water partition coefficient (Wildman–Crippen LogP) is 0.700. The molecule has 2 rings (SSSR count). The van der Waals surface area contributed by atoms with Crippen LogP contribution in [0.25, 0.3) is 0 Å². The van der Waals surface area contributed by atoms with E-state index in [9.17, 15) is 13.2 Å². The van der Waals surface area contributed by atoms with E-state index in [0.717, 1.165) is 6.42 Å². The number of carbonyl (C=O) groups is 1. The quantitative estimate of drug-likeness (QED) is 0.779. The van der Waals surface area contributed by atoms with Crippen LogP contribution < -0.4 is 5.32 Å². The Morgan fingerprint density at radius 3 is 2.56 bits per heavy atom. The van der Waals surface area contributed by atoms with Crippen molar-refractivity contribution in [2.45, 2.75) is 31.8 Å². The molecule has 1 N–H and O–H groups in total. The van der Waals surface area contributed by atoms with E-state index >= 15 is 0 Å². The highest BCUT2D eigenvalue weighted by Gasteiger charge is 2.38. The Balaban J connectivity index is 1.89. The van der Waals surface area contributed by atoms with Gasteiger partial charge in [-0.2, -0.15) is 0 Å². The van der Waals surface area contributed by atoms with Gasteiger partial charge in [-0.3, -0.25) is 0 Å². The van der Waals surface area contributed by atoms with Gasteiger partial charge < -0.3 is 10.1 Å². The SMILES string of the molecule is CC1(CC2CCS(=O)(=O)CC2)CNC(=O)O1. The second-order valence-corrected chi connectivity index (χ2v) is 7.30. The summed E-state index contributed by atoms with van der Waals surface area (Å²) in [5, 5.41) is 2.64. The van der Waals surface area contributed by atoms with Crippen molar-refractivity contribution in [1.82, 2.24) is 5.32 Å². The van der Waals surface area contributed by atoms with Crippen molar-refractivity contribution in [2.75, 3.05) is 18.1 Å². The van der Waals surface area contributed by atoms with Crippen molar-refractivity contribution in [3.63, 3.8) is 0 Å². The first kappa shape index (κ1) is 11.7. The van der Waals surface area contributed by atoms with Crippen LogP contribution in [0.15, 0.2) is 0 Å². The zero-order valence-corrected chi connectivity index (χ0v) is 10.2. The molecule has 2 heterocycles. The maximum Gasteiger partial charge on any atom is 0.407 e. The molecular formula is C10H17NO4S. The second-order valence-electron chi connectivity index (χ2n) is 4.99. The minimum Gasteiger partial charge on any atom is -0.441 e. The smallest absolute Gasteiger partial charge is 0.407 e. The van der Waals surface area contributed by atoms with E-state index < -0.39 is 15.4 Å². The lowest BCUT2D eigenvalue weighted by Crippen LogP contribution is -2.35. The number of amides is 1. The summed E-state index contributed by atoms with van der Waals surface area (Å²) in [4.78, 5) is 11.0. The van der Waals surface area contributed by atoms with Crippen LogP contribution >= 0.6 is 0 Å². The number of cyclic esters (lactones) is 1. The highest BCUT2D eigenvalue weighted by Crippen LogP contribution is 2.30. The van der Waals surface area contributed by atoms with Crippen LogP contribution in [0.3, 0.4) is 0 Å². The van der Waals surface area contributed by atoms with Crippen molar-refractivity contribution in [2.24, 2.45) is 5.92 Å². The highest BCUT2D eigenvalue weighted by atomic mass is 32.2. The van der Waals surface area contributed by atoms with Gasteiger partial charge in [0.2, 0.25) is 0 Å². The molecule has 1 unspecified atom stereocenters. The Hall–Kier alpha value is -0.780. The minimum atomic E-state index is -2.80. The molecular weight excluding hydrogens is 230 g/mol. The molecule has 0 bridgehead atoms. The lowest BCUT2D eigenvalue weighted by Gasteiger charge is -2.29. The average molecular weight is 247 g/mol. The number of sulfone groups is 1. The van der Waals surface area contributed by atoms with Gasteiger partial charge in [-0.15, -0.1) is 0 Å². The number of rotatable bonds is 2. The molecule has 0 aliphatic carbocycles. The summed E-state index contributed by atoms with van der Waals surface area (Å²) in [7, 11) is -2.80. The van der Waals surface area contributed by atoms with E-state index in [1.54, 1.807) is 0 Å². The third kappa shape index (κ3) is 2.66. The number of hydrogen-bond donors (Lipinski definition) is 1. The third-order valence-electron chi connectivity index (χ3n) is 3.34. The summed E-state index contributed by atoms with van der Waals surface area (Å²) < 4.78 is 27.7. The van der Waals surface area contributed by atoms with Gasteiger partial charge in [-0.1, -0.05) is 0 Å². The molecule has 2 fully saturated rings. The average Bonchev–Trinajstić information content (AvgIpc) is 2.50. The van der Waals surface area contributed by atoms with Crippen molar-refractivity contribution < 1.29 is 17.9 Å².